The molecule has 1 heterocycles. The minimum Gasteiger partial charge on any atom is -0.258 e. The molecule has 0 N–H and O–H groups in total. The Morgan fingerprint density at radius 3 is 2.73 bits per heavy atom. The monoisotopic (exact) mass is 168 g/mol. The lowest BCUT2D eigenvalue weighted by molar-refractivity contribution is -0.385. The van der Waals surface area contributed by atoms with E-state index >= 15 is 0 Å². The average molecular weight is 168 g/mol. The van der Waals surface area contributed by atoms with Crippen LogP contribution < -0.4 is 0 Å². The number of nitro groups is 1. The number of hydrogen-bond donors (Lipinski definition) is 0. The molecule has 1 rings (SSSR count). The van der Waals surface area contributed by atoms with Crippen LogP contribution >= 0.6 is 12.2 Å². The third-order valence-electron chi connectivity index (χ3n) is 1.10. The van der Waals surface area contributed by atoms with Gasteiger partial charge in [-0.1, -0.05) is 12.2 Å². The van der Waals surface area contributed by atoms with Gasteiger partial charge < -0.3 is 0 Å². The van der Waals surface area contributed by atoms with E-state index in [1.54, 1.807) is 0 Å². The van der Waals surface area contributed by atoms with Crippen LogP contribution in [0.1, 0.15) is 5.69 Å². The molecule has 1 aromatic rings. The summed E-state index contributed by atoms with van der Waals surface area (Å²) in [6.45, 7) is 0. The van der Waals surface area contributed by atoms with Crippen LogP contribution in [0.5, 0.6) is 0 Å². The van der Waals surface area contributed by atoms with Gasteiger partial charge in [0, 0.05) is 11.4 Å². The van der Waals surface area contributed by atoms with E-state index in [1.165, 1.54) is 23.7 Å². The summed E-state index contributed by atoms with van der Waals surface area (Å²) in [5.41, 5.74) is 0.538. The van der Waals surface area contributed by atoms with Crippen LogP contribution in [-0.2, 0) is 0 Å². The van der Waals surface area contributed by atoms with E-state index in [4.69, 9.17) is 0 Å². The van der Waals surface area contributed by atoms with Crippen molar-refractivity contribution in [2.45, 2.75) is 0 Å². The molecular formula is C6H4N2O2S. The summed E-state index contributed by atoms with van der Waals surface area (Å²) in [7, 11) is 0. The van der Waals surface area contributed by atoms with Crippen LogP contribution in [0.4, 0.5) is 5.69 Å². The van der Waals surface area contributed by atoms with Gasteiger partial charge in [0.15, 0.2) is 0 Å². The molecule has 0 fully saturated rings. The fourth-order valence-electron chi connectivity index (χ4n) is 0.575. The highest BCUT2D eigenvalue weighted by Crippen LogP contribution is 2.07. The highest BCUT2D eigenvalue weighted by molar-refractivity contribution is 7.79. The van der Waals surface area contributed by atoms with Gasteiger partial charge in [0.2, 0.25) is 0 Å². The molecule has 0 saturated carbocycles. The first kappa shape index (κ1) is 7.74. The molecule has 0 aliphatic rings. The SMILES string of the molecule is O=[N+]([O-])c1ccc(C=S)nc1. The molecule has 56 valence electrons. The first-order valence-corrected chi connectivity index (χ1v) is 3.27. The maximum Gasteiger partial charge on any atom is 0.287 e. The molecule has 4 nitrogen and oxygen atoms in total. The van der Waals surface area contributed by atoms with Gasteiger partial charge in [-0.3, -0.25) is 10.1 Å². The van der Waals surface area contributed by atoms with Crippen molar-refractivity contribution < 1.29 is 4.92 Å². The number of thiocarbonyl (C=S) groups is 1. The quantitative estimate of drug-likeness (QED) is 0.380. The fourth-order valence-corrected chi connectivity index (χ4v) is 0.715. The Hall–Kier alpha value is -1.36. The first-order valence-electron chi connectivity index (χ1n) is 2.79. The molecule has 1 aromatic heterocycles. The van der Waals surface area contributed by atoms with Crippen LogP contribution in [-0.4, -0.2) is 15.3 Å². The molecule has 0 unspecified atom stereocenters. The zero-order valence-electron chi connectivity index (χ0n) is 5.43. The first-order chi connectivity index (χ1) is 5.24. The summed E-state index contributed by atoms with van der Waals surface area (Å²) < 4.78 is 0. The Balaban J connectivity index is 3.00. The van der Waals surface area contributed by atoms with E-state index in [-0.39, 0.29) is 5.69 Å². The lowest BCUT2D eigenvalue weighted by atomic mass is 10.3. The lowest BCUT2D eigenvalue weighted by Gasteiger charge is -1.89. The second-order valence-electron chi connectivity index (χ2n) is 1.82. The number of rotatable bonds is 2. The molecule has 0 aliphatic carbocycles. The third kappa shape index (κ3) is 1.78. The van der Waals surface area contributed by atoms with E-state index in [1.807, 2.05) is 0 Å². The van der Waals surface area contributed by atoms with E-state index in [2.05, 4.69) is 17.2 Å². The summed E-state index contributed by atoms with van der Waals surface area (Å²) in [5.74, 6) is 0. The van der Waals surface area contributed by atoms with Crippen molar-refractivity contribution in [2.75, 3.05) is 0 Å². The van der Waals surface area contributed by atoms with Crippen molar-refractivity contribution in [3.8, 4) is 0 Å². The van der Waals surface area contributed by atoms with Gasteiger partial charge in [-0.05, 0) is 6.07 Å². The van der Waals surface area contributed by atoms with Crippen molar-refractivity contribution in [3.05, 3.63) is 34.1 Å². The molecule has 0 spiro atoms. The van der Waals surface area contributed by atoms with E-state index in [0.717, 1.165) is 0 Å². The molecule has 0 saturated heterocycles. The van der Waals surface area contributed by atoms with Gasteiger partial charge in [0.25, 0.3) is 5.69 Å². The Morgan fingerprint density at radius 2 is 2.36 bits per heavy atom. The van der Waals surface area contributed by atoms with Gasteiger partial charge in [-0.2, -0.15) is 0 Å². The normalized spacial score (nSPS) is 9.09. The molecule has 0 aliphatic heterocycles. The number of pyridine rings is 1. The summed E-state index contributed by atoms with van der Waals surface area (Å²) in [4.78, 5) is 13.3. The molecule has 0 aromatic carbocycles. The minimum atomic E-state index is -0.500. The van der Waals surface area contributed by atoms with Crippen LogP contribution in [0.25, 0.3) is 0 Å². The average Bonchev–Trinajstić information content (AvgIpc) is 2.05. The van der Waals surface area contributed by atoms with Gasteiger partial charge in [0.1, 0.15) is 6.20 Å². The summed E-state index contributed by atoms with van der Waals surface area (Å²) in [6, 6.07) is 2.87. The van der Waals surface area contributed by atoms with E-state index < -0.39 is 4.92 Å². The van der Waals surface area contributed by atoms with Gasteiger partial charge in [0.05, 0.1) is 10.6 Å². The van der Waals surface area contributed by atoms with Crippen LogP contribution in [0.3, 0.4) is 0 Å². The highest BCUT2D eigenvalue weighted by Gasteiger charge is 2.02. The molecular weight excluding hydrogens is 164 g/mol. The standard InChI is InChI=1S/C6H4N2O2S/c9-8(10)6-2-1-5(4-11)7-3-6/h1-4H. The zero-order valence-corrected chi connectivity index (χ0v) is 6.25. The topological polar surface area (TPSA) is 56.0 Å². The second-order valence-corrected chi connectivity index (χ2v) is 2.05. The molecule has 0 atom stereocenters. The number of hydrogen-bond acceptors (Lipinski definition) is 4. The Bertz CT molecular complexity index is 283. The van der Waals surface area contributed by atoms with Crippen LogP contribution in [0.2, 0.25) is 0 Å². The lowest BCUT2D eigenvalue weighted by Crippen LogP contribution is -1.90. The molecule has 0 radical (unpaired) electrons. The highest BCUT2D eigenvalue weighted by atomic mass is 32.1. The minimum absolute atomic E-state index is 0.0226. The predicted molar refractivity (Wildman–Crippen MR) is 43.6 cm³/mol. The van der Waals surface area contributed by atoms with Gasteiger partial charge >= 0.3 is 0 Å². The summed E-state index contributed by atoms with van der Waals surface area (Å²) in [5, 5.41) is 11.5. The van der Waals surface area contributed by atoms with E-state index in [9.17, 15) is 10.1 Å². The van der Waals surface area contributed by atoms with Crippen molar-refractivity contribution in [1.29, 1.82) is 0 Å². The molecule has 0 amide bonds. The second kappa shape index (κ2) is 3.16. The molecule has 11 heavy (non-hydrogen) atoms. The molecule has 0 bridgehead atoms. The number of nitrogens with zero attached hydrogens (tertiary/aromatic N) is 2. The summed E-state index contributed by atoms with van der Waals surface area (Å²) >= 11 is 4.57. The zero-order chi connectivity index (χ0) is 8.27. The summed E-state index contributed by atoms with van der Waals surface area (Å²) in [6.07, 6.45) is 1.18. The molecule has 5 heteroatoms. The number of aromatic nitrogens is 1. The Kier molecular flexibility index (Phi) is 2.22. The smallest absolute Gasteiger partial charge is 0.258 e. The Morgan fingerprint density at radius 1 is 1.64 bits per heavy atom. The van der Waals surface area contributed by atoms with Crippen molar-refractivity contribution in [3.63, 3.8) is 0 Å². The van der Waals surface area contributed by atoms with Gasteiger partial charge in [-0.25, -0.2) is 4.98 Å². The van der Waals surface area contributed by atoms with Crippen LogP contribution in [0.15, 0.2) is 18.3 Å². The fraction of sp³-hybridized carbons (Fsp3) is 0. The maximum atomic E-state index is 10.1. The predicted octanol–water partition coefficient (Wildman–Crippen LogP) is 1.34. The van der Waals surface area contributed by atoms with Crippen molar-refractivity contribution >= 4 is 23.3 Å². The van der Waals surface area contributed by atoms with Crippen molar-refractivity contribution in [1.82, 2.24) is 4.98 Å². The van der Waals surface area contributed by atoms with Gasteiger partial charge in [-0.15, -0.1) is 0 Å². The Labute approximate surface area is 68.0 Å². The largest absolute Gasteiger partial charge is 0.287 e. The van der Waals surface area contributed by atoms with Crippen LogP contribution in [0, 0.1) is 10.1 Å². The van der Waals surface area contributed by atoms with Crippen molar-refractivity contribution in [2.24, 2.45) is 0 Å². The third-order valence-corrected chi connectivity index (χ3v) is 1.34. The van der Waals surface area contributed by atoms with E-state index in [0.29, 0.717) is 5.69 Å². The maximum absolute atomic E-state index is 10.1.